The number of rotatable bonds is 4. The normalized spacial score (nSPS) is 11.8. The molecule has 0 atom stereocenters. The Balaban J connectivity index is 1.24. The zero-order valence-electron chi connectivity index (χ0n) is 26.1. The van der Waals surface area contributed by atoms with Crippen LogP contribution in [0.3, 0.4) is 0 Å². The Labute approximate surface area is 282 Å². The number of hydrogen-bond donors (Lipinski definition) is 0. The molecule has 9 aromatic carbocycles. The van der Waals surface area contributed by atoms with Gasteiger partial charge in [-0.3, -0.25) is 0 Å². The molecule has 0 N–H and O–H groups in total. The summed E-state index contributed by atoms with van der Waals surface area (Å²) in [5, 5.41) is 12.8. The molecule has 0 aliphatic carbocycles. The van der Waals surface area contributed by atoms with E-state index in [2.05, 4.69) is 181 Å². The van der Waals surface area contributed by atoms with Gasteiger partial charge in [0.1, 0.15) is 0 Å². The first kappa shape index (κ1) is 27.2. The Morgan fingerprint density at radius 3 is 1.81 bits per heavy atom. The van der Waals surface area contributed by atoms with Crippen molar-refractivity contribution in [2.75, 3.05) is 4.90 Å². The summed E-state index contributed by atoms with van der Waals surface area (Å²) in [6.45, 7) is 0. The predicted molar refractivity (Wildman–Crippen MR) is 209 cm³/mol. The first-order chi connectivity index (χ1) is 23.8. The zero-order chi connectivity index (χ0) is 31.6. The van der Waals surface area contributed by atoms with Crippen molar-refractivity contribution in [2.45, 2.75) is 0 Å². The van der Waals surface area contributed by atoms with Crippen LogP contribution in [0.5, 0.6) is 0 Å². The molecule has 10 rings (SSSR count). The second-order valence-electron chi connectivity index (χ2n) is 12.5. The number of anilines is 3. The highest BCUT2D eigenvalue weighted by Gasteiger charge is 2.19. The lowest BCUT2D eigenvalue weighted by atomic mass is 9.94. The van der Waals surface area contributed by atoms with Crippen molar-refractivity contribution < 1.29 is 0 Å². The lowest BCUT2D eigenvalue weighted by molar-refractivity contribution is 1.31. The molecule has 0 fully saturated rings. The molecule has 2 heteroatoms. The van der Waals surface area contributed by atoms with Crippen molar-refractivity contribution in [3.8, 4) is 11.1 Å². The van der Waals surface area contributed by atoms with E-state index in [9.17, 15) is 0 Å². The first-order valence-corrected chi connectivity index (χ1v) is 17.2. The van der Waals surface area contributed by atoms with E-state index in [1.165, 1.54) is 80.1 Å². The fourth-order valence-electron chi connectivity index (χ4n) is 7.58. The van der Waals surface area contributed by atoms with Gasteiger partial charge in [0.25, 0.3) is 0 Å². The minimum Gasteiger partial charge on any atom is -0.310 e. The second kappa shape index (κ2) is 10.8. The monoisotopic (exact) mass is 627 g/mol. The molecule has 0 radical (unpaired) electrons. The molecule has 48 heavy (non-hydrogen) atoms. The molecule has 0 aliphatic heterocycles. The maximum atomic E-state index is 2.45. The summed E-state index contributed by atoms with van der Waals surface area (Å²) in [5.41, 5.74) is 5.86. The number of thiophene rings is 1. The molecule has 1 nitrogen and oxygen atoms in total. The van der Waals surface area contributed by atoms with Crippen LogP contribution in [0.4, 0.5) is 17.1 Å². The van der Waals surface area contributed by atoms with Gasteiger partial charge < -0.3 is 4.90 Å². The van der Waals surface area contributed by atoms with Crippen LogP contribution in [0.25, 0.3) is 74.4 Å². The van der Waals surface area contributed by atoms with E-state index in [0.29, 0.717) is 0 Å². The van der Waals surface area contributed by atoms with Gasteiger partial charge in [-0.05, 0) is 91.3 Å². The van der Waals surface area contributed by atoms with Gasteiger partial charge in [-0.15, -0.1) is 11.3 Å². The van der Waals surface area contributed by atoms with Gasteiger partial charge in [-0.25, -0.2) is 0 Å². The average molecular weight is 628 g/mol. The Kier molecular flexibility index (Phi) is 6.12. The number of fused-ring (bicyclic) bond motifs is 10. The average Bonchev–Trinajstić information content (AvgIpc) is 3.55. The Morgan fingerprint density at radius 1 is 0.333 bits per heavy atom. The van der Waals surface area contributed by atoms with Crippen molar-refractivity contribution in [2.24, 2.45) is 0 Å². The largest absolute Gasteiger partial charge is 0.310 e. The Bertz CT molecular complexity index is 2830. The van der Waals surface area contributed by atoms with Crippen LogP contribution in [0, 0.1) is 0 Å². The van der Waals surface area contributed by atoms with E-state index in [-0.39, 0.29) is 0 Å². The molecule has 0 aliphatic rings. The number of hydrogen-bond acceptors (Lipinski definition) is 2. The molecule has 0 bridgehead atoms. The van der Waals surface area contributed by atoms with Gasteiger partial charge in [0.15, 0.2) is 0 Å². The van der Waals surface area contributed by atoms with Crippen LogP contribution in [0.15, 0.2) is 176 Å². The Hall–Kier alpha value is -5.96. The summed E-state index contributed by atoms with van der Waals surface area (Å²) >= 11 is 1.87. The molecule has 0 saturated heterocycles. The van der Waals surface area contributed by atoms with Gasteiger partial charge in [0.2, 0.25) is 0 Å². The smallest absolute Gasteiger partial charge is 0.0546 e. The molecule has 0 amide bonds. The molecule has 10 aromatic rings. The number of benzene rings is 9. The third-order valence-electron chi connectivity index (χ3n) is 9.80. The zero-order valence-corrected chi connectivity index (χ0v) is 26.9. The van der Waals surface area contributed by atoms with Gasteiger partial charge in [0.05, 0.1) is 5.69 Å². The van der Waals surface area contributed by atoms with Crippen molar-refractivity contribution in [3.05, 3.63) is 176 Å². The van der Waals surface area contributed by atoms with E-state index in [4.69, 9.17) is 0 Å². The predicted octanol–water partition coefficient (Wildman–Crippen LogP) is 13.8. The molecule has 224 valence electrons. The molecular weight excluding hydrogens is 599 g/mol. The van der Waals surface area contributed by atoms with Crippen molar-refractivity contribution >= 4 is 91.7 Å². The lowest BCUT2D eigenvalue weighted by Crippen LogP contribution is -2.10. The van der Waals surface area contributed by atoms with E-state index in [1.807, 2.05) is 11.3 Å². The van der Waals surface area contributed by atoms with Gasteiger partial charge in [-0.2, -0.15) is 0 Å². The van der Waals surface area contributed by atoms with Gasteiger partial charge in [-0.1, -0.05) is 133 Å². The molecule has 1 aromatic heterocycles. The fourth-order valence-corrected chi connectivity index (χ4v) is 8.71. The van der Waals surface area contributed by atoms with Crippen LogP contribution >= 0.6 is 11.3 Å². The second-order valence-corrected chi connectivity index (χ2v) is 13.6. The number of nitrogens with zero attached hydrogens (tertiary/aromatic N) is 1. The summed E-state index contributed by atoms with van der Waals surface area (Å²) in [6.07, 6.45) is 0. The van der Waals surface area contributed by atoms with Crippen LogP contribution < -0.4 is 4.90 Å². The highest BCUT2D eigenvalue weighted by Crippen LogP contribution is 2.45. The molecular formula is C46H29NS. The summed E-state index contributed by atoms with van der Waals surface area (Å²) in [4.78, 5) is 2.45. The molecule has 0 unspecified atom stereocenters. The quantitative estimate of drug-likeness (QED) is 0.176. The Morgan fingerprint density at radius 2 is 0.958 bits per heavy atom. The van der Waals surface area contributed by atoms with Crippen molar-refractivity contribution in [3.63, 3.8) is 0 Å². The maximum absolute atomic E-state index is 2.45. The summed E-state index contributed by atoms with van der Waals surface area (Å²) in [6, 6.07) is 64.5. The van der Waals surface area contributed by atoms with E-state index < -0.39 is 0 Å². The van der Waals surface area contributed by atoms with Gasteiger partial charge in [0, 0.05) is 36.9 Å². The van der Waals surface area contributed by atoms with E-state index in [1.54, 1.807) is 0 Å². The minimum absolute atomic E-state index is 1.13. The van der Waals surface area contributed by atoms with E-state index in [0.717, 1.165) is 11.4 Å². The SMILES string of the molecule is c1ccc(-c2ccc(N(c3ccc4c(ccc5sc6ccccc6c54)c3)c3cc4ccc5ccccc5c4c4ccccc34)cc2)cc1. The maximum Gasteiger partial charge on any atom is 0.0546 e. The van der Waals surface area contributed by atoms with Crippen LogP contribution in [0.1, 0.15) is 0 Å². The topological polar surface area (TPSA) is 3.24 Å². The van der Waals surface area contributed by atoms with Crippen LogP contribution in [0.2, 0.25) is 0 Å². The van der Waals surface area contributed by atoms with Gasteiger partial charge >= 0.3 is 0 Å². The third-order valence-corrected chi connectivity index (χ3v) is 10.9. The highest BCUT2D eigenvalue weighted by molar-refractivity contribution is 7.26. The third kappa shape index (κ3) is 4.24. The van der Waals surface area contributed by atoms with Crippen LogP contribution in [-0.2, 0) is 0 Å². The van der Waals surface area contributed by atoms with Crippen LogP contribution in [-0.4, -0.2) is 0 Å². The highest BCUT2D eigenvalue weighted by atomic mass is 32.1. The summed E-state index contributed by atoms with van der Waals surface area (Å²) in [7, 11) is 0. The first-order valence-electron chi connectivity index (χ1n) is 16.4. The summed E-state index contributed by atoms with van der Waals surface area (Å²) < 4.78 is 2.66. The molecule has 0 saturated carbocycles. The van der Waals surface area contributed by atoms with Crippen molar-refractivity contribution in [1.29, 1.82) is 0 Å². The lowest BCUT2D eigenvalue weighted by Gasteiger charge is -2.28. The fraction of sp³-hybridized carbons (Fsp3) is 0. The molecule has 1 heterocycles. The minimum atomic E-state index is 1.13. The standard InChI is InChI=1S/C46H29NS/c1-2-10-30(11-3-1)31-20-23-35(24-21-31)47(36-25-26-38-33(28-36)22-27-44-46(38)41-16-8-9-17-43(41)48-44)42-29-34-19-18-32-12-4-5-13-37(32)45(34)40-15-7-6-14-39(40)42/h1-29H. The van der Waals surface area contributed by atoms with Crippen molar-refractivity contribution in [1.82, 2.24) is 0 Å². The summed E-state index contributed by atoms with van der Waals surface area (Å²) in [5.74, 6) is 0. The van der Waals surface area contributed by atoms with E-state index >= 15 is 0 Å². The molecule has 0 spiro atoms.